The van der Waals surface area contributed by atoms with Crippen LogP contribution in [0, 0.1) is 0 Å². The van der Waals surface area contributed by atoms with Gasteiger partial charge in [0, 0.05) is 61.5 Å². The number of methoxy groups -OCH3 is 1. The Morgan fingerprint density at radius 3 is 2.36 bits per heavy atom. The molecule has 0 unspecified atom stereocenters. The molecule has 2 amide bonds. The molecule has 0 aliphatic carbocycles. The van der Waals surface area contributed by atoms with Crippen LogP contribution in [0.4, 0.5) is 11.4 Å². The summed E-state index contributed by atoms with van der Waals surface area (Å²) in [6, 6.07) is 25.1. The van der Waals surface area contributed by atoms with Crippen LogP contribution in [-0.4, -0.2) is 55.0 Å². The second-order valence-electron chi connectivity index (χ2n) is 8.81. The van der Waals surface area contributed by atoms with Crippen LogP contribution in [0.1, 0.15) is 17.3 Å². The van der Waals surface area contributed by atoms with E-state index in [1.807, 2.05) is 77.7 Å². The van der Waals surface area contributed by atoms with Gasteiger partial charge in [-0.15, -0.1) is 0 Å². The Morgan fingerprint density at radius 1 is 0.889 bits per heavy atom. The molecule has 4 aromatic rings. The standard InChI is InChI=1S/C29H28N4O3/c1-20(34)30-22-12-10-21(11-13-22)28-19-26(25-8-3-4-9-27(25)31-28)29(35)33-16-14-32(15-17-33)23-6-5-7-24(18-23)36-2/h3-13,18-19H,14-17H2,1-2H3,(H,30,34). The summed E-state index contributed by atoms with van der Waals surface area (Å²) in [5, 5.41) is 3.62. The van der Waals surface area contributed by atoms with Crippen molar-refractivity contribution in [3.8, 4) is 17.0 Å². The molecule has 7 heteroatoms. The van der Waals surface area contributed by atoms with E-state index in [2.05, 4.69) is 16.3 Å². The van der Waals surface area contributed by atoms with Gasteiger partial charge in [-0.25, -0.2) is 4.98 Å². The van der Waals surface area contributed by atoms with Crippen LogP contribution < -0.4 is 15.0 Å². The summed E-state index contributed by atoms with van der Waals surface area (Å²) in [5.74, 6) is 0.716. The minimum Gasteiger partial charge on any atom is -0.497 e. The van der Waals surface area contributed by atoms with E-state index in [0.29, 0.717) is 18.7 Å². The lowest BCUT2D eigenvalue weighted by Gasteiger charge is -2.36. The number of ether oxygens (including phenoxy) is 1. The van der Waals surface area contributed by atoms with Crippen molar-refractivity contribution in [3.05, 3.63) is 84.4 Å². The van der Waals surface area contributed by atoms with Gasteiger partial charge in [0.05, 0.1) is 23.9 Å². The third-order valence-corrected chi connectivity index (χ3v) is 6.43. The maximum absolute atomic E-state index is 13.7. The number of carbonyl (C=O) groups excluding carboxylic acids is 2. The summed E-state index contributed by atoms with van der Waals surface area (Å²) in [7, 11) is 1.67. The van der Waals surface area contributed by atoms with Crippen molar-refractivity contribution in [3.63, 3.8) is 0 Å². The first kappa shape index (κ1) is 23.4. The van der Waals surface area contributed by atoms with E-state index in [0.717, 1.165) is 52.4 Å². The quantitative estimate of drug-likeness (QED) is 0.443. The molecule has 1 fully saturated rings. The Bertz CT molecular complexity index is 1410. The highest BCUT2D eigenvalue weighted by Gasteiger charge is 2.24. The van der Waals surface area contributed by atoms with Crippen LogP contribution in [0.5, 0.6) is 5.75 Å². The predicted octanol–water partition coefficient (Wildman–Crippen LogP) is 4.83. The van der Waals surface area contributed by atoms with Gasteiger partial charge in [-0.2, -0.15) is 0 Å². The van der Waals surface area contributed by atoms with E-state index in [9.17, 15) is 9.59 Å². The Labute approximate surface area is 210 Å². The van der Waals surface area contributed by atoms with E-state index in [-0.39, 0.29) is 11.8 Å². The molecule has 182 valence electrons. The summed E-state index contributed by atoms with van der Waals surface area (Å²) in [6.07, 6.45) is 0. The van der Waals surface area contributed by atoms with E-state index in [1.165, 1.54) is 6.92 Å². The van der Waals surface area contributed by atoms with Crippen LogP contribution in [0.15, 0.2) is 78.9 Å². The molecule has 1 aromatic heterocycles. The number of anilines is 2. The number of nitrogens with zero attached hydrogens (tertiary/aromatic N) is 3. The Hall–Kier alpha value is -4.39. The predicted molar refractivity (Wildman–Crippen MR) is 143 cm³/mol. The van der Waals surface area contributed by atoms with Gasteiger partial charge in [-0.05, 0) is 36.4 Å². The van der Waals surface area contributed by atoms with E-state index in [4.69, 9.17) is 9.72 Å². The average molecular weight is 481 g/mol. The lowest BCUT2D eigenvalue weighted by molar-refractivity contribution is -0.114. The summed E-state index contributed by atoms with van der Waals surface area (Å²) < 4.78 is 5.36. The first-order valence-corrected chi connectivity index (χ1v) is 12.0. The zero-order chi connectivity index (χ0) is 25.1. The summed E-state index contributed by atoms with van der Waals surface area (Å²) >= 11 is 0. The van der Waals surface area contributed by atoms with Gasteiger partial charge < -0.3 is 19.9 Å². The Morgan fingerprint density at radius 2 is 1.64 bits per heavy atom. The average Bonchev–Trinajstić information content (AvgIpc) is 2.92. The maximum Gasteiger partial charge on any atom is 0.254 e. The minimum atomic E-state index is -0.119. The molecule has 3 aromatic carbocycles. The zero-order valence-electron chi connectivity index (χ0n) is 20.4. The van der Waals surface area contributed by atoms with Crippen molar-refractivity contribution in [2.24, 2.45) is 0 Å². The van der Waals surface area contributed by atoms with Gasteiger partial charge in [0.2, 0.25) is 5.91 Å². The zero-order valence-corrected chi connectivity index (χ0v) is 20.4. The summed E-state index contributed by atoms with van der Waals surface area (Å²) in [5.41, 5.74) is 4.85. The van der Waals surface area contributed by atoms with Gasteiger partial charge in [-0.3, -0.25) is 9.59 Å². The van der Waals surface area contributed by atoms with E-state index < -0.39 is 0 Å². The normalized spacial score (nSPS) is 13.5. The molecule has 1 N–H and O–H groups in total. The van der Waals surface area contributed by atoms with Crippen molar-refractivity contribution in [1.82, 2.24) is 9.88 Å². The van der Waals surface area contributed by atoms with Gasteiger partial charge in [-0.1, -0.05) is 36.4 Å². The fourth-order valence-corrected chi connectivity index (χ4v) is 4.57. The minimum absolute atomic E-state index is 0.00927. The number of amides is 2. The van der Waals surface area contributed by atoms with Crippen LogP contribution in [0.3, 0.4) is 0 Å². The molecule has 0 spiro atoms. The highest BCUT2D eigenvalue weighted by Crippen LogP contribution is 2.28. The van der Waals surface area contributed by atoms with Crippen LogP contribution in [0.25, 0.3) is 22.2 Å². The number of aromatic nitrogens is 1. The third kappa shape index (κ3) is 4.86. The van der Waals surface area contributed by atoms with E-state index >= 15 is 0 Å². The second-order valence-corrected chi connectivity index (χ2v) is 8.81. The first-order valence-electron chi connectivity index (χ1n) is 12.0. The number of piperazine rings is 1. The highest BCUT2D eigenvalue weighted by molar-refractivity contribution is 6.07. The molecule has 1 aliphatic heterocycles. The summed E-state index contributed by atoms with van der Waals surface area (Å²) in [4.78, 5) is 34.1. The van der Waals surface area contributed by atoms with Crippen molar-refractivity contribution in [2.45, 2.75) is 6.92 Å². The number of pyridine rings is 1. The molecule has 2 heterocycles. The van der Waals surface area contributed by atoms with Crippen molar-refractivity contribution in [1.29, 1.82) is 0 Å². The molecular weight excluding hydrogens is 452 g/mol. The van der Waals surface area contributed by atoms with Gasteiger partial charge in [0.1, 0.15) is 5.75 Å². The molecule has 36 heavy (non-hydrogen) atoms. The van der Waals surface area contributed by atoms with Crippen LogP contribution >= 0.6 is 0 Å². The number of benzene rings is 3. The van der Waals surface area contributed by atoms with Crippen LogP contribution in [-0.2, 0) is 4.79 Å². The number of rotatable bonds is 5. The topological polar surface area (TPSA) is 74.8 Å². The van der Waals surface area contributed by atoms with Gasteiger partial charge >= 0.3 is 0 Å². The smallest absolute Gasteiger partial charge is 0.254 e. The summed E-state index contributed by atoms with van der Waals surface area (Å²) in [6.45, 7) is 4.24. The maximum atomic E-state index is 13.7. The van der Waals surface area contributed by atoms with Gasteiger partial charge in [0.15, 0.2) is 0 Å². The third-order valence-electron chi connectivity index (χ3n) is 6.43. The number of nitrogens with one attached hydrogen (secondary N) is 1. The van der Waals surface area contributed by atoms with Crippen molar-refractivity contribution < 1.29 is 14.3 Å². The fraction of sp³-hybridized carbons (Fsp3) is 0.207. The lowest BCUT2D eigenvalue weighted by Crippen LogP contribution is -2.48. The Balaban J connectivity index is 1.40. The van der Waals surface area contributed by atoms with Crippen molar-refractivity contribution in [2.75, 3.05) is 43.5 Å². The number of carbonyl (C=O) groups is 2. The molecule has 1 aliphatic rings. The van der Waals surface area contributed by atoms with Crippen LogP contribution in [0.2, 0.25) is 0 Å². The monoisotopic (exact) mass is 480 g/mol. The molecule has 1 saturated heterocycles. The molecule has 0 radical (unpaired) electrons. The number of hydrogen-bond acceptors (Lipinski definition) is 5. The first-order chi connectivity index (χ1) is 17.5. The highest BCUT2D eigenvalue weighted by atomic mass is 16.5. The fourth-order valence-electron chi connectivity index (χ4n) is 4.57. The SMILES string of the molecule is COc1cccc(N2CCN(C(=O)c3cc(-c4ccc(NC(C)=O)cc4)nc4ccccc34)CC2)c1. The largest absolute Gasteiger partial charge is 0.497 e. The molecule has 0 bridgehead atoms. The van der Waals surface area contributed by atoms with Gasteiger partial charge in [0.25, 0.3) is 5.91 Å². The molecule has 0 saturated carbocycles. The number of fused-ring (bicyclic) bond motifs is 1. The molecule has 5 rings (SSSR count). The molecule has 0 atom stereocenters. The number of hydrogen-bond donors (Lipinski definition) is 1. The lowest BCUT2D eigenvalue weighted by atomic mass is 10.0. The van der Waals surface area contributed by atoms with E-state index in [1.54, 1.807) is 7.11 Å². The Kier molecular flexibility index (Phi) is 6.54. The molecule has 7 nitrogen and oxygen atoms in total. The second kappa shape index (κ2) is 10.1. The molecular formula is C29H28N4O3. The number of para-hydroxylation sites is 1. The van der Waals surface area contributed by atoms with Crippen molar-refractivity contribution >= 4 is 34.1 Å².